The normalized spacial score (nSPS) is 14.5. The molecule has 0 spiro atoms. The second-order valence-electron chi connectivity index (χ2n) is 7.97. The molecule has 0 radical (unpaired) electrons. The first-order chi connectivity index (χ1) is 14.8. The number of carbonyl (C=O) groups is 1. The minimum absolute atomic E-state index is 0.0433. The number of aryl methyl sites for hydroxylation is 2. The molecular formula is C24H26N4O2S. The fourth-order valence-corrected chi connectivity index (χ4v) is 4.28. The summed E-state index contributed by atoms with van der Waals surface area (Å²) in [4.78, 5) is 17.3. The Morgan fingerprint density at radius 3 is 2.71 bits per heavy atom. The van der Waals surface area contributed by atoms with Crippen LogP contribution >= 0.6 is 11.3 Å². The van der Waals surface area contributed by atoms with Gasteiger partial charge in [-0.15, -0.1) is 11.3 Å². The molecule has 3 aromatic rings. The standard InChI is InChI=1S/C24H26N4O2S/c1-14(2)25-24-28(27-17(5)18-7-6-15(3)16(4)10-18)21(13-31-24)19-8-9-22-20(11-19)26-23(29)12-30-22/h6-11,13-14H,12H2,1-5H3,(H,26,29). The minimum Gasteiger partial charge on any atom is -0.482 e. The van der Waals surface area contributed by atoms with Crippen molar-refractivity contribution in [3.05, 3.63) is 63.3 Å². The smallest absolute Gasteiger partial charge is 0.262 e. The second-order valence-corrected chi connectivity index (χ2v) is 8.81. The van der Waals surface area contributed by atoms with Crippen molar-refractivity contribution in [1.29, 1.82) is 0 Å². The maximum absolute atomic E-state index is 11.7. The van der Waals surface area contributed by atoms with E-state index in [0.29, 0.717) is 11.4 Å². The third-order valence-corrected chi connectivity index (χ3v) is 5.97. The summed E-state index contributed by atoms with van der Waals surface area (Å²) in [6.07, 6.45) is 0. The Balaban J connectivity index is 1.84. The summed E-state index contributed by atoms with van der Waals surface area (Å²) in [7, 11) is 0. The number of hydrogen-bond acceptors (Lipinski definition) is 5. The van der Waals surface area contributed by atoms with E-state index >= 15 is 0 Å². The molecule has 0 unspecified atom stereocenters. The Hall–Kier alpha value is -3.19. The van der Waals surface area contributed by atoms with Crippen LogP contribution in [0.4, 0.5) is 5.69 Å². The number of anilines is 1. The molecule has 7 heteroatoms. The van der Waals surface area contributed by atoms with Crippen LogP contribution in [0, 0.1) is 13.8 Å². The quantitative estimate of drug-likeness (QED) is 0.603. The first kappa shape index (κ1) is 21.1. The Kier molecular flexibility index (Phi) is 5.78. The number of benzene rings is 2. The van der Waals surface area contributed by atoms with E-state index in [4.69, 9.17) is 14.8 Å². The van der Waals surface area contributed by atoms with Crippen molar-refractivity contribution in [3.63, 3.8) is 0 Å². The lowest BCUT2D eigenvalue weighted by atomic mass is 10.0. The Labute approximate surface area is 185 Å². The van der Waals surface area contributed by atoms with Gasteiger partial charge in [0.05, 0.1) is 17.1 Å². The highest BCUT2D eigenvalue weighted by atomic mass is 32.1. The lowest BCUT2D eigenvalue weighted by Gasteiger charge is -2.18. The Bertz CT molecular complexity index is 1250. The fraction of sp³-hybridized carbons (Fsp3) is 0.292. The molecule has 0 bridgehead atoms. The van der Waals surface area contributed by atoms with Crippen molar-refractivity contribution in [1.82, 2.24) is 4.68 Å². The molecule has 2 heterocycles. The maximum Gasteiger partial charge on any atom is 0.262 e. The van der Waals surface area contributed by atoms with E-state index in [1.54, 1.807) is 11.3 Å². The van der Waals surface area contributed by atoms with Gasteiger partial charge in [-0.1, -0.05) is 12.1 Å². The molecule has 2 aromatic carbocycles. The number of nitrogens with one attached hydrogen (secondary N) is 1. The third-order valence-electron chi connectivity index (χ3n) is 5.14. The molecule has 1 aromatic heterocycles. The van der Waals surface area contributed by atoms with E-state index in [-0.39, 0.29) is 18.6 Å². The minimum atomic E-state index is -0.151. The Morgan fingerprint density at radius 2 is 1.97 bits per heavy atom. The van der Waals surface area contributed by atoms with Crippen LogP contribution in [0.3, 0.4) is 0 Å². The van der Waals surface area contributed by atoms with Gasteiger partial charge in [0.2, 0.25) is 4.80 Å². The highest BCUT2D eigenvalue weighted by Crippen LogP contribution is 2.33. The molecule has 1 aliphatic heterocycles. The van der Waals surface area contributed by atoms with Crippen molar-refractivity contribution >= 4 is 28.6 Å². The summed E-state index contributed by atoms with van der Waals surface area (Å²) in [5.41, 5.74) is 6.99. The molecule has 1 aliphatic rings. The number of nitrogens with zero attached hydrogens (tertiary/aromatic N) is 3. The molecule has 0 fully saturated rings. The van der Waals surface area contributed by atoms with Gasteiger partial charge in [-0.25, -0.2) is 4.68 Å². The molecule has 4 rings (SSSR count). The summed E-state index contributed by atoms with van der Waals surface area (Å²) < 4.78 is 7.39. The first-order valence-electron chi connectivity index (χ1n) is 10.3. The molecular weight excluding hydrogens is 408 g/mol. The molecule has 0 atom stereocenters. The first-order valence-corrected chi connectivity index (χ1v) is 11.1. The van der Waals surface area contributed by atoms with Crippen molar-refractivity contribution in [3.8, 4) is 17.0 Å². The summed E-state index contributed by atoms with van der Waals surface area (Å²) in [5.74, 6) is 0.522. The van der Waals surface area contributed by atoms with E-state index in [1.165, 1.54) is 11.1 Å². The van der Waals surface area contributed by atoms with Crippen LogP contribution in [0.25, 0.3) is 11.3 Å². The maximum atomic E-state index is 11.7. The molecule has 1 N–H and O–H groups in total. The topological polar surface area (TPSA) is 68.0 Å². The number of rotatable bonds is 4. The van der Waals surface area contributed by atoms with E-state index in [1.807, 2.05) is 35.2 Å². The molecule has 1 amide bonds. The van der Waals surface area contributed by atoms with E-state index in [2.05, 4.69) is 51.2 Å². The summed E-state index contributed by atoms with van der Waals surface area (Å²) in [6, 6.07) is 12.3. The predicted molar refractivity (Wildman–Crippen MR) is 126 cm³/mol. The highest BCUT2D eigenvalue weighted by molar-refractivity contribution is 7.07. The highest BCUT2D eigenvalue weighted by Gasteiger charge is 2.18. The lowest BCUT2D eigenvalue weighted by Crippen LogP contribution is -2.25. The molecule has 6 nitrogen and oxygen atoms in total. The summed E-state index contributed by atoms with van der Waals surface area (Å²) in [6.45, 7) is 10.4. The van der Waals surface area contributed by atoms with Crippen LogP contribution in [-0.2, 0) is 4.79 Å². The van der Waals surface area contributed by atoms with E-state index in [9.17, 15) is 4.79 Å². The number of ether oxygens (including phenoxy) is 1. The fourth-order valence-electron chi connectivity index (χ4n) is 3.32. The molecule has 0 saturated carbocycles. The number of hydrogen-bond donors (Lipinski definition) is 1. The average Bonchev–Trinajstić information content (AvgIpc) is 3.10. The monoisotopic (exact) mass is 434 g/mol. The van der Waals surface area contributed by atoms with Crippen molar-refractivity contribution in [2.45, 2.75) is 40.7 Å². The zero-order valence-corrected chi connectivity index (χ0v) is 19.2. The van der Waals surface area contributed by atoms with Crippen LogP contribution in [0.5, 0.6) is 5.75 Å². The van der Waals surface area contributed by atoms with Gasteiger partial charge in [0.1, 0.15) is 5.75 Å². The number of aromatic nitrogens is 1. The number of amides is 1. The molecule has 160 valence electrons. The van der Waals surface area contributed by atoms with Gasteiger partial charge < -0.3 is 10.1 Å². The van der Waals surface area contributed by atoms with E-state index < -0.39 is 0 Å². The van der Waals surface area contributed by atoms with Gasteiger partial charge in [-0.3, -0.25) is 9.79 Å². The van der Waals surface area contributed by atoms with Gasteiger partial charge >= 0.3 is 0 Å². The third kappa shape index (κ3) is 4.46. The van der Waals surface area contributed by atoms with Gasteiger partial charge in [-0.2, -0.15) is 5.10 Å². The van der Waals surface area contributed by atoms with Gasteiger partial charge in [0.15, 0.2) is 6.61 Å². The van der Waals surface area contributed by atoms with Crippen molar-refractivity contribution in [2.75, 3.05) is 11.9 Å². The van der Waals surface area contributed by atoms with Gasteiger partial charge in [-0.05, 0) is 75.6 Å². The van der Waals surface area contributed by atoms with Crippen LogP contribution in [-0.4, -0.2) is 28.9 Å². The number of thiazole rings is 1. The van der Waals surface area contributed by atoms with Crippen molar-refractivity contribution < 1.29 is 9.53 Å². The zero-order valence-electron chi connectivity index (χ0n) is 18.4. The zero-order chi connectivity index (χ0) is 22.1. The average molecular weight is 435 g/mol. The molecule has 31 heavy (non-hydrogen) atoms. The predicted octanol–water partition coefficient (Wildman–Crippen LogP) is 4.75. The SMILES string of the molecule is CC(=Nn1c(-c2ccc3c(c2)NC(=O)CO3)csc1=NC(C)C)c1ccc(C)c(C)c1. The van der Waals surface area contributed by atoms with E-state index in [0.717, 1.165) is 27.3 Å². The van der Waals surface area contributed by atoms with Crippen LogP contribution in [0.1, 0.15) is 37.5 Å². The van der Waals surface area contributed by atoms with Gasteiger partial charge in [0, 0.05) is 17.0 Å². The van der Waals surface area contributed by atoms with Crippen molar-refractivity contribution in [2.24, 2.45) is 10.1 Å². The lowest BCUT2D eigenvalue weighted by molar-refractivity contribution is -0.118. The largest absolute Gasteiger partial charge is 0.482 e. The summed E-state index contributed by atoms with van der Waals surface area (Å²) in [5, 5.41) is 9.87. The summed E-state index contributed by atoms with van der Waals surface area (Å²) >= 11 is 1.55. The number of carbonyl (C=O) groups excluding carboxylic acids is 1. The van der Waals surface area contributed by atoms with Crippen LogP contribution < -0.4 is 14.9 Å². The Morgan fingerprint density at radius 1 is 1.16 bits per heavy atom. The molecule has 0 aliphatic carbocycles. The van der Waals surface area contributed by atoms with Gasteiger partial charge in [0.25, 0.3) is 5.91 Å². The second kappa shape index (κ2) is 8.51. The molecule has 0 saturated heterocycles. The van der Waals surface area contributed by atoms with Crippen LogP contribution in [0.15, 0.2) is 51.9 Å². The number of fused-ring (bicyclic) bond motifs is 1. The van der Waals surface area contributed by atoms with Crippen LogP contribution in [0.2, 0.25) is 0 Å².